The van der Waals surface area contributed by atoms with Crippen LogP contribution in [0.3, 0.4) is 0 Å². The van der Waals surface area contributed by atoms with Gasteiger partial charge in [-0.1, -0.05) is 11.6 Å². The molecule has 0 unspecified atom stereocenters. The number of sulfonamides is 1. The van der Waals surface area contributed by atoms with Crippen LogP contribution in [0.5, 0.6) is 0 Å². The molecule has 18 heavy (non-hydrogen) atoms. The van der Waals surface area contributed by atoms with Gasteiger partial charge in [0.05, 0.1) is 5.56 Å². The molecule has 1 aliphatic rings. The van der Waals surface area contributed by atoms with E-state index in [2.05, 4.69) is 10.0 Å². The van der Waals surface area contributed by atoms with E-state index in [4.69, 9.17) is 16.9 Å². The zero-order valence-electron chi connectivity index (χ0n) is 9.48. The van der Waals surface area contributed by atoms with Gasteiger partial charge in [-0.05, 0) is 31.2 Å². The van der Waals surface area contributed by atoms with Gasteiger partial charge in [0.15, 0.2) is 0 Å². The Morgan fingerprint density at radius 3 is 2.89 bits per heavy atom. The number of benzene rings is 1. The molecule has 1 aromatic rings. The minimum Gasteiger partial charge on any atom is -0.315 e. The minimum absolute atomic E-state index is 0.0654. The lowest BCUT2D eigenvalue weighted by Gasteiger charge is -2.13. The molecule has 0 amide bonds. The van der Waals surface area contributed by atoms with Crippen LogP contribution in [-0.2, 0) is 10.0 Å². The fourth-order valence-electron chi connectivity index (χ4n) is 1.85. The summed E-state index contributed by atoms with van der Waals surface area (Å²) in [5.74, 6) is 0. The minimum atomic E-state index is -3.71. The van der Waals surface area contributed by atoms with Crippen molar-refractivity contribution < 1.29 is 8.42 Å². The number of nitrogens with one attached hydrogen (secondary N) is 2. The van der Waals surface area contributed by atoms with Gasteiger partial charge in [0, 0.05) is 17.6 Å². The zero-order valence-corrected chi connectivity index (χ0v) is 11.1. The molecular formula is C11H12ClN3O2S. The van der Waals surface area contributed by atoms with Crippen LogP contribution < -0.4 is 10.0 Å². The molecule has 1 saturated heterocycles. The van der Waals surface area contributed by atoms with Crippen molar-refractivity contribution >= 4 is 21.6 Å². The molecule has 96 valence electrons. The maximum absolute atomic E-state index is 12.2. The van der Waals surface area contributed by atoms with Crippen LogP contribution in [0, 0.1) is 11.3 Å². The summed E-state index contributed by atoms with van der Waals surface area (Å²) in [6.07, 6.45) is 0.738. The van der Waals surface area contributed by atoms with Crippen LogP contribution >= 0.6 is 11.6 Å². The summed E-state index contributed by atoms with van der Waals surface area (Å²) in [5.41, 5.74) is 0.0952. The number of halogens is 1. The van der Waals surface area contributed by atoms with E-state index >= 15 is 0 Å². The molecule has 1 aromatic carbocycles. The van der Waals surface area contributed by atoms with Gasteiger partial charge in [0.1, 0.15) is 11.0 Å². The van der Waals surface area contributed by atoms with Gasteiger partial charge in [-0.2, -0.15) is 5.26 Å². The molecule has 7 heteroatoms. The first-order valence-electron chi connectivity index (χ1n) is 5.45. The summed E-state index contributed by atoms with van der Waals surface area (Å²) in [4.78, 5) is -0.0654. The van der Waals surface area contributed by atoms with E-state index in [-0.39, 0.29) is 16.5 Å². The van der Waals surface area contributed by atoms with Gasteiger partial charge in [-0.3, -0.25) is 0 Å². The fourth-order valence-corrected chi connectivity index (χ4v) is 3.54. The Bertz CT molecular complexity index is 589. The lowest BCUT2D eigenvalue weighted by Crippen LogP contribution is -2.36. The molecule has 0 radical (unpaired) electrons. The Labute approximate surface area is 111 Å². The fraction of sp³-hybridized carbons (Fsp3) is 0.364. The van der Waals surface area contributed by atoms with Crippen molar-refractivity contribution in [1.29, 1.82) is 5.26 Å². The van der Waals surface area contributed by atoms with Crippen molar-refractivity contribution in [3.8, 4) is 6.07 Å². The Morgan fingerprint density at radius 1 is 1.50 bits per heavy atom. The largest absolute Gasteiger partial charge is 0.315 e. The van der Waals surface area contributed by atoms with Gasteiger partial charge in [-0.15, -0.1) is 0 Å². The molecule has 2 rings (SSSR count). The summed E-state index contributed by atoms with van der Waals surface area (Å²) in [7, 11) is -3.71. The topological polar surface area (TPSA) is 82.0 Å². The zero-order chi connectivity index (χ0) is 13.2. The number of nitriles is 1. The van der Waals surface area contributed by atoms with Crippen molar-refractivity contribution in [2.45, 2.75) is 17.4 Å². The molecule has 1 atom stereocenters. The lowest BCUT2D eigenvalue weighted by atomic mass is 10.2. The predicted octanol–water partition coefficient (Wildman–Crippen LogP) is 0.852. The van der Waals surface area contributed by atoms with E-state index in [1.54, 1.807) is 0 Å². The second-order valence-corrected chi connectivity index (χ2v) is 6.18. The molecule has 0 bridgehead atoms. The standard InChI is InChI=1S/C11H12ClN3O2S/c12-9-2-1-8(6-13)11(5-9)18(16,17)15-10-3-4-14-7-10/h1-2,5,10,14-15H,3-4,7H2/t10-/m0/s1. The van der Waals surface area contributed by atoms with E-state index in [1.807, 2.05) is 6.07 Å². The van der Waals surface area contributed by atoms with E-state index in [0.29, 0.717) is 11.6 Å². The first-order chi connectivity index (χ1) is 8.53. The van der Waals surface area contributed by atoms with E-state index in [9.17, 15) is 8.42 Å². The molecule has 2 N–H and O–H groups in total. The molecule has 5 nitrogen and oxygen atoms in total. The van der Waals surface area contributed by atoms with Gasteiger partial charge in [0.25, 0.3) is 0 Å². The Balaban J connectivity index is 2.34. The highest BCUT2D eigenvalue weighted by Crippen LogP contribution is 2.20. The summed E-state index contributed by atoms with van der Waals surface area (Å²) in [6.45, 7) is 1.38. The van der Waals surface area contributed by atoms with Crippen LogP contribution in [0.15, 0.2) is 23.1 Å². The second-order valence-electron chi connectivity index (χ2n) is 4.06. The molecule has 1 aliphatic heterocycles. The molecule has 1 fully saturated rings. The second kappa shape index (κ2) is 5.24. The number of nitrogens with zero attached hydrogens (tertiary/aromatic N) is 1. The third kappa shape index (κ3) is 2.82. The molecule has 0 aromatic heterocycles. The summed E-state index contributed by atoms with van der Waals surface area (Å²) in [6, 6.07) is 5.92. The van der Waals surface area contributed by atoms with E-state index in [1.165, 1.54) is 18.2 Å². The Hall–Kier alpha value is -1.13. The average molecular weight is 286 g/mol. The van der Waals surface area contributed by atoms with Crippen molar-refractivity contribution in [3.05, 3.63) is 28.8 Å². The number of hydrogen-bond acceptors (Lipinski definition) is 4. The quantitative estimate of drug-likeness (QED) is 0.863. The third-order valence-corrected chi connectivity index (χ3v) is 4.53. The highest BCUT2D eigenvalue weighted by molar-refractivity contribution is 7.89. The van der Waals surface area contributed by atoms with Crippen LogP contribution in [0.2, 0.25) is 5.02 Å². The van der Waals surface area contributed by atoms with Crippen LogP contribution in [0.1, 0.15) is 12.0 Å². The third-order valence-electron chi connectivity index (χ3n) is 2.74. The van der Waals surface area contributed by atoms with Crippen molar-refractivity contribution in [2.24, 2.45) is 0 Å². The van der Waals surface area contributed by atoms with Gasteiger partial charge in [0.2, 0.25) is 10.0 Å². The van der Waals surface area contributed by atoms with E-state index in [0.717, 1.165) is 13.0 Å². The molecular weight excluding hydrogens is 274 g/mol. The van der Waals surface area contributed by atoms with Crippen molar-refractivity contribution in [2.75, 3.05) is 13.1 Å². The van der Waals surface area contributed by atoms with Crippen molar-refractivity contribution in [1.82, 2.24) is 10.0 Å². The summed E-state index contributed by atoms with van der Waals surface area (Å²) < 4.78 is 26.9. The van der Waals surface area contributed by atoms with Gasteiger partial charge in [-0.25, -0.2) is 13.1 Å². The van der Waals surface area contributed by atoms with Crippen LogP contribution in [-0.4, -0.2) is 27.5 Å². The maximum Gasteiger partial charge on any atom is 0.242 e. The maximum atomic E-state index is 12.2. The average Bonchev–Trinajstić information content (AvgIpc) is 2.81. The molecule has 0 aliphatic carbocycles. The number of hydrogen-bond donors (Lipinski definition) is 2. The van der Waals surface area contributed by atoms with Crippen molar-refractivity contribution in [3.63, 3.8) is 0 Å². The number of rotatable bonds is 3. The first-order valence-corrected chi connectivity index (χ1v) is 7.32. The van der Waals surface area contributed by atoms with Crippen LogP contribution in [0.25, 0.3) is 0 Å². The van der Waals surface area contributed by atoms with Gasteiger partial charge >= 0.3 is 0 Å². The lowest BCUT2D eigenvalue weighted by molar-refractivity contribution is 0.560. The summed E-state index contributed by atoms with van der Waals surface area (Å²) in [5, 5.41) is 12.3. The monoisotopic (exact) mass is 285 g/mol. The SMILES string of the molecule is N#Cc1ccc(Cl)cc1S(=O)(=O)N[C@H]1CCNC1. The molecule has 0 saturated carbocycles. The van der Waals surface area contributed by atoms with Crippen LogP contribution in [0.4, 0.5) is 0 Å². The molecule has 1 heterocycles. The first kappa shape index (κ1) is 13.3. The predicted molar refractivity (Wildman–Crippen MR) is 67.8 cm³/mol. The molecule has 0 spiro atoms. The van der Waals surface area contributed by atoms with Gasteiger partial charge < -0.3 is 5.32 Å². The van der Waals surface area contributed by atoms with E-state index < -0.39 is 10.0 Å². The highest BCUT2D eigenvalue weighted by Gasteiger charge is 2.25. The summed E-state index contributed by atoms with van der Waals surface area (Å²) >= 11 is 5.78. The Kier molecular flexibility index (Phi) is 3.88. The smallest absolute Gasteiger partial charge is 0.242 e. The Morgan fingerprint density at radius 2 is 2.28 bits per heavy atom. The highest BCUT2D eigenvalue weighted by atomic mass is 35.5. The normalized spacial score (nSPS) is 19.7.